The first-order chi connectivity index (χ1) is 9.92. The van der Waals surface area contributed by atoms with E-state index in [-0.39, 0.29) is 16.9 Å². The van der Waals surface area contributed by atoms with Crippen molar-refractivity contribution in [2.75, 3.05) is 0 Å². The molecule has 0 unspecified atom stereocenters. The van der Waals surface area contributed by atoms with E-state index in [9.17, 15) is 5.11 Å². The largest absolute Gasteiger partial charge is 0.393 e. The SMILES string of the molecule is Cc1ccc2c(c1)CCC1=C3C[C@@H](O)C[C@@]3(C)CC[C@@]12C. The van der Waals surface area contributed by atoms with Crippen LogP contribution in [0.4, 0.5) is 0 Å². The average molecular weight is 282 g/mol. The molecular formula is C20H26O. The smallest absolute Gasteiger partial charge is 0.0585 e. The first-order valence-corrected chi connectivity index (χ1v) is 8.43. The van der Waals surface area contributed by atoms with Gasteiger partial charge in [-0.3, -0.25) is 0 Å². The lowest BCUT2D eigenvalue weighted by Gasteiger charge is -2.48. The molecular weight excluding hydrogens is 256 g/mol. The Morgan fingerprint density at radius 1 is 1.10 bits per heavy atom. The van der Waals surface area contributed by atoms with Crippen LogP contribution in [-0.4, -0.2) is 11.2 Å². The third kappa shape index (κ3) is 1.80. The van der Waals surface area contributed by atoms with Crippen LogP contribution in [0, 0.1) is 12.3 Å². The summed E-state index contributed by atoms with van der Waals surface area (Å²) in [4.78, 5) is 0. The number of aliphatic hydroxyl groups is 1. The molecule has 0 bridgehead atoms. The Bertz CT molecular complexity index is 641. The first-order valence-electron chi connectivity index (χ1n) is 8.43. The fourth-order valence-corrected chi connectivity index (χ4v) is 5.40. The second-order valence-corrected chi connectivity index (χ2v) is 8.07. The molecule has 0 aliphatic heterocycles. The predicted octanol–water partition coefficient (Wildman–Crippen LogP) is 4.45. The molecule has 1 aromatic carbocycles. The van der Waals surface area contributed by atoms with Crippen molar-refractivity contribution in [3.8, 4) is 0 Å². The van der Waals surface area contributed by atoms with E-state index in [0.717, 1.165) is 12.8 Å². The lowest BCUT2D eigenvalue weighted by atomic mass is 9.56. The highest BCUT2D eigenvalue weighted by atomic mass is 16.3. The van der Waals surface area contributed by atoms with Crippen LogP contribution in [0.2, 0.25) is 0 Å². The predicted molar refractivity (Wildman–Crippen MR) is 86.5 cm³/mol. The van der Waals surface area contributed by atoms with E-state index in [4.69, 9.17) is 0 Å². The topological polar surface area (TPSA) is 20.2 Å². The molecule has 0 saturated heterocycles. The molecule has 112 valence electrons. The van der Waals surface area contributed by atoms with E-state index >= 15 is 0 Å². The van der Waals surface area contributed by atoms with Gasteiger partial charge in [-0.05, 0) is 62.0 Å². The van der Waals surface area contributed by atoms with Crippen LogP contribution in [0.25, 0.3) is 0 Å². The Labute approximate surface area is 128 Å². The van der Waals surface area contributed by atoms with Gasteiger partial charge in [0.05, 0.1) is 6.10 Å². The number of allylic oxidation sites excluding steroid dienone is 1. The molecule has 1 saturated carbocycles. The summed E-state index contributed by atoms with van der Waals surface area (Å²) >= 11 is 0. The van der Waals surface area contributed by atoms with Gasteiger partial charge in [-0.2, -0.15) is 0 Å². The molecule has 0 heterocycles. The van der Waals surface area contributed by atoms with Crippen LogP contribution in [0.5, 0.6) is 0 Å². The van der Waals surface area contributed by atoms with Crippen molar-refractivity contribution in [3.05, 3.63) is 46.0 Å². The lowest BCUT2D eigenvalue weighted by Crippen LogP contribution is -2.38. The molecule has 4 rings (SSSR count). The molecule has 1 heteroatoms. The van der Waals surface area contributed by atoms with Crippen molar-refractivity contribution in [2.45, 2.75) is 70.8 Å². The molecule has 0 amide bonds. The van der Waals surface area contributed by atoms with Crippen LogP contribution in [0.15, 0.2) is 29.3 Å². The highest BCUT2D eigenvalue weighted by molar-refractivity contribution is 5.51. The number of aliphatic hydroxyl groups excluding tert-OH is 1. The molecule has 1 N–H and O–H groups in total. The van der Waals surface area contributed by atoms with E-state index in [1.54, 1.807) is 22.3 Å². The Kier molecular flexibility index (Phi) is 2.73. The van der Waals surface area contributed by atoms with Gasteiger partial charge < -0.3 is 5.11 Å². The minimum Gasteiger partial charge on any atom is -0.393 e. The van der Waals surface area contributed by atoms with E-state index in [0.29, 0.717) is 0 Å². The van der Waals surface area contributed by atoms with Gasteiger partial charge in [-0.25, -0.2) is 0 Å². The minimum atomic E-state index is -0.112. The van der Waals surface area contributed by atoms with Crippen LogP contribution >= 0.6 is 0 Å². The van der Waals surface area contributed by atoms with Crippen LogP contribution in [-0.2, 0) is 11.8 Å². The highest BCUT2D eigenvalue weighted by Crippen LogP contribution is 2.59. The van der Waals surface area contributed by atoms with Gasteiger partial charge in [0.25, 0.3) is 0 Å². The summed E-state index contributed by atoms with van der Waals surface area (Å²) in [5.41, 5.74) is 8.27. The Hall–Kier alpha value is -1.08. The van der Waals surface area contributed by atoms with Crippen molar-refractivity contribution in [1.29, 1.82) is 0 Å². The van der Waals surface area contributed by atoms with Crippen molar-refractivity contribution < 1.29 is 5.11 Å². The highest BCUT2D eigenvalue weighted by Gasteiger charge is 2.50. The normalized spacial score (nSPS) is 38.0. The van der Waals surface area contributed by atoms with Gasteiger partial charge in [0.2, 0.25) is 0 Å². The third-order valence-corrected chi connectivity index (χ3v) is 6.56. The zero-order valence-electron chi connectivity index (χ0n) is 13.5. The second-order valence-electron chi connectivity index (χ2n) is 8.07. The molecule has 0 spiro atoms. The fourth-order valence-electron chi connectivity index (χ4n) is 5.40. The monoisotopic (exact) mass is 282 g/mol. The van der Waals surface area contributed by atoms with Gasteiger partial charge in [-0.15, -0.1) is 0 Å². The van der Waals surface area contributed by atoms with Gasteiger partial charge in [0.1, 0.15) is 0 Å². The Balaban J connectivity index is 1.90. The van der Waals surface area contributed by atoms with Crippen LogP contribution in [0.1, 0.15) is 62.6 Å². The molecule has 3 aliphatic carbocycles. The summed E-state index contributed by atoms with van der Waals surface area (Å²) in [5, 5.41) is 10.2. The molecule has 21 heavy (non-hydrogen) atoms. The lowest BCUT2D eigenvalue weighted by molar-refractivity contribution is 0.157. The fraction of sp³-hybridized carbons (Fsp3) is 0.600. The Morgan fingerprint density at radius 3 is 2.71 bits per heavy atom. The number of hydrogen-bond donors (Lipinski definition) is 1. The number of hydrogen-bond acceptors (Lipinski definition) is 1. The maximum atomic E-state index is 10.2. The molecule has 3 aliphatic rings. The number of fused-ring (bicyclic) bond motifs is 4. The second kappa shape index (κ2) is 4.23. The molecule has 1 fully saturated rings. The van der Waals surface area contributed by atoms with Crippen molar-refractivity contribution in [3.63, 3.8) is 0 Å². The quantitative estimate of drug-likeness (QED) is 0.697. The zero-order chi connectivity index (χ0) is 14.8. The Morgan fingerprint density at radius 2 is 1.90 bits per heavy atom. The van der Waals surface area contributed by atoms with Crippen molar-refractivity contribution in [1.82, 2.24) is 0 Å². The molecule has 0 radical (unpaired) electrons. The van der Waals surface area contributed by atoms with E-state index in [1.807, 2.05) is 0 Å². The summed E-state index contributed by atoms with van der Waals surface area (Å²) < 4.78 is 0. The summed E-state index contributed by atoms with van der Waals surface area (Å²) in [7, 11) is 0. The minimum absolute atomic E-state index is 0.112. The summed E-state index contributed by atoms with van der Waals surface area (Å²) in [6, 6.07) is 7.03. The number of aryl methyl sites for hydroxylation is 2. The standard InChI is InChI=1S/C20H26O/c1-13-4-6-16-14(10-13)5-7-17-18-11-15(21)12-19(18,2)8-9-20(16,17)3/h4,6,10,15,21H,5,7-9,11-12H2,1-3H3/t15-,19-,20-/m1/s1. The molecule has 0 aromatic heterocycles. The van der Waals surface area contributed by atoms with E-state index < -0.39 is 0 Å². The summed E-state index contributed by atoms with van der Waals surface area (Å²) in [5.74, 6) is 0. The average Bonchev–Trinajstić information content (AvgIpc) is 2.73. The molecule has 3 atom stereocenters. The van der Waals surface area contributed by atoms with Crippen molar-refractivity contribution >= 4 is 0 Å². The van der Waals surface area contributed by atoms with Gasteiger partial charge >= 0.3 is 0 Å². The third-order valence-electron chi connectivity index (χ3n) is 6.56. The van der Waals surface area contributed by atoms with Crippen LogP contribution in [0.3, 0.4) is 0 Å². The summed E-state index contributed by atoms with van der Waals surface area (Å²) in [6.07, 6.45) is 6.63. The van der Waals surface area contributed by atoms with Gasteiger partial charge in [0.15, 0.2) is 0 Å². The van der Waals surface area contributed by atoms with E-state index in [2.05, 4.69) is 39.0 Å². The molecule has 1 nitrogen and oxygen atoms in total. The zero-order valence-corrected chi connectivity index (χ0v) is 13.5. The van der Waals surface area contributed by atoms with E-state index in [1.165, 1.54) is 31.2 Å². The van der Waals surface area contributed by atoms with Gasteiger partial charge in [-0.1, -0.05) is 48.8 Å². The number of benzene rings is 1. The molecule has 1 aromatic rings. The first kappa shape index (κ1) is 13.6. The van der Waals surface area contributed by atoms with Gasteiger partial charge in [0, 0.05) is 5.41 Å². The van der Waals surface area contributed by atoms with Crippen molar-refractivity contribution in [2.24, 2.45) is 5.41 Å². The van der Waals surface area contributed by atoms with Crippen LogP contribution < -0.4 is 0 Å². The maximum absolute atomic E-state index is 10.2. The summed E-state index contributed by atoms with van der Waals surface area (Å²) in [6.45, 7) is 7.03. The number of rotatable bonds is 0. The maximum Gasteiger partial charge on any atom is 0.0585 e.